The number of thioether (sulfide) groups is 1. The minimum Gasteiger partial charge on any atom is -0.464 e. The summed E-state index contributed by atoms with van der Waals surface area (Å²) in [5, 5.41) is 3.18. The zero-order valence-electron chi connectivity index (χ0n) is 13.2. The molecular weight excluding hydrogens is 352 g/mol. The largest absolute Gasteiger partial charge is 0.464 e. The maximum absolute atomic E-state index is 13.3. The Morgan fingerprint density at radius 3 is 2.80 bits per heavy atom. The lowest BCUT2D eigenvalue weighted by Gasteiger charge is -2.11. The zero-order valence-corrected chi connectivity index (χ0v) is 14.8. The van der Waals surface area contributed by atoms with Gasteiger partial charge in [0.25, 0.3) is 5.56 Å². The molecule has 0 unspecified atom stereocenters. The number of furan rings is 1. The second-order valence-corrected chi connectivity index (χ2v) is 7.12. The molecule has 3 aromatic heterocycles. The van der Waals surface area contributed by atoms with E-state index in [1.807, 2.05) is 47.8 Å². The van der Waals surface area contributed by atoms with E-state index in [4.69, 9.17) is 9.40 Å². The first-order valence-corrected chi connectivity index (χ1v) is 9.53. The SMILES string of the molecule is C=CCSc1nc2scc(-c3ccco3)c2c(=O)n1-c1ccccc1. The van der Waals surface area contributed by atoms with E-state index in [0.29, 0.717) is 22.1 Å². The number of thiophene rings is 1. The Hall–Kier alpha value is -2.57. The van der Waals surface area contributed by atoms with E-state index in [9.17, 15) is 4.79 Å². The van der Waals surface area contributed by atoms with E-state index < -0.39 is 0 Å². The van der Waals surface area contributed by atoms with Gasteiger partial charge in [-0.15, -0.1) is 17.9 Å². The first kappa shape index (κ1) is 15.9. The second-order valence-electron chi connectivity index (χ2n) is 5.28. The number of rotatable bonds is 5. The first-order chi connectivity index (χ1) is 12.3. The number of hydrogen-bond donors (Lipinski definition) is 0. The predicted octanol–water partition coefficient (Wildman–Crippen LogP) is 4.99. The molecule has 4 nitrogen and oxygen atoms in total. The second kappa shape index (κ2) is 6.74. The van der Waals surface area contributed by atoms with Crippen molar-refractivity contribution in [3.05, 3.63) is 77.1 Å². The van der Waals surface area contributed by atoms with Crippen molar-refractivity contribution in [1.29, 1.82) is 0 Å². The number of benzene rings is 1. The number of hydrogen-bond acceptors (Lipinski definition) is 5. The van der Waals surface area contributed by atoms with Crippen molar-refractivity contribution in [1.82, 2.24) is 9.55 Å². The van der Waals surface area contributed by atoms with Crippen LogP contribution >= 0.6 is 23.1 Å². The van der Waals surface area contributed by atoms with Crippen LogP contribution in [-0.2, 0) is 0 Å². The van der Waals surface area contributed by atoms with E-state index in [1.165, 1.54) is 23.1 Å². The third kappa shape index (κ3) is 2.83. The standard InChI is InChI=1S/C19H14N2O2S2/c1-2-11-24-19-20-17-16(14(12-25-17)15-9-6-10-23-15)18(22)21(19)13-7-4-3-5-8-13/h2-10,12H,1,11H2. The van der Waals surface area contributed by atoms with Gasteiger partial charge < -0.3 is 4.42 Å². The number of aromatic nitrogens is 2. The summed E-state index contributed by atoms with van der Waals surface area (Å²) in [6.07, 6.45) is 3.41. The van der Waals surface area contributed by atoms with Gasteiger partial charge in [0.2, 0.25) is 0 Å². The zero-order chi connectivity index (χ0) is 17.2. The van der Waals surface area contributed by atoms with Gasteiger partial charge in [0.15, 0.2) is 5.16 Å². The van der Waals surface area contributed by atoms with Crippen molar-refractivity contribution in [2.45, 2.75) is 5.16 Å². The summed E-state index contributed by atoms with van der Waals surface area (Å²) in [7, 11) is 0. The summed E-state index contributed by atoms with van der Waals surface area (Å²) in [5.41, 5.74) is 1.49. The molecule has 0 N–H and O–H groups in total. The molecule has 4 rings (SSSR count). The molecule has 124 valence electrons. The van der Waals surface area contributed by atoms with Crippen LogP contribution < -0.4 is 5.56 Å². The molecule has 0 fully saturated rings. The highest BCUT2D eigenvalue weighted by Crippen LogP contribution is 2.33. The Morgan fingerprint density at radius 2 is 2.08 bits per heavy atom. The van der Waals surface area contributed by atoms with Crippen molar-refractivity contribution in [3.63, 3.8) is 0 Å². The summed E-state index contributed by atoms with van der Waals surface area (Å²) >= 11 is 2.95. The molecule has 0 spiro atoms. The molecule has 0 saturated carbocycles. The quantitative estimate of drug-likeness (QED) is 0.284. The van der Waals surface area contributed by atoms with E-state index in [-0.39, 0.29) is 5.56 Å². The average molecular weight is 366 g/mol. The first-order valence-electron chi connectivity index (χ1n) is 7.67. The lowest BCUT2D eigenvalue weighted by molar-refractivity contribution is 0.583. The van der Waals surface area contributed by atoms with E-state index >= 15 is 0 Å². The van der Waals surface area contributed by atoms with Crippen LogP contribution in [0.1, 0.15) is 0 Å². The molecule has 3 heterocycles. The Labute approximate surface area is 152 Å². The number of para-hydroxylation sites is 1. The van der Waals surface area contributed by atoms with Gasteiger partial charge in [-0.3, -0.25) is 9.36 Å². The number of nitrogens with zero attached hydrogens (tertiary/aromatic N) is 2. The Bertz CT molecular complexity index is 1080. The molecule has 0 saturated heterocycles. The molecule has 25 heavy (non-hydrogen) atoms. The fourth-order valence-corrected chi connectivity index (χ4v) is 4.34. The van der Waals surface area contributed by atoms with Crippen LogP contribution in [0.2, 0.25) is 0 Å². The highest BCUT2D eigenvalue weighted by Gasteiger charge is 2.19. The van der Waals surface area contributed by atoms with Gasteiger partial charge >= 0.3 is 0 Å². The van der Waals surface area contributed by atoms with Gasteiger partial charge in [0, 0.05) is 16.7 Å². The lowest BCUT2D eigenvalue weighted by atomic mass is 10.2. The fourth-order valence-electron chi connectivity index (χ4n) is 2.62. The monoisotopic (exact) mass is 366 g/mol. The van der Waals surface area contributed by atoms with Crippen molar-refractivity contribution < 1.29 is 4.42 Å². The van der Waals surface area contributed by atoms with Crippen LogP contribution in [0.25, 0.3) is 27.2 Å². The van der Waals surface area contributed by atoms with E-state index in [2.05, 4.69) is 6.58 Å². The van der Waals surface area contributed by atoms with Gasteiger partial charge in [-0.05, 0) is 24.3 Å². The molecule has 0 bridgehead atoms. The molecule has 4 aromatic rings. The van der Waals surface area contributed by atoms with Gasteiger partial charge in [-0.2, -0.15) is 0 Å². The van der Waals surface area contributed by atoms with Crippen molar-refractivity contribution in [3.8, 4) is 17.0 Å². The highest BCUT2D eigenvalue weighted by atomic mass is 32.2. The average Bonchev–Trinajstić information content (AvgIpc) is 3.30. The van der Waals surface area contributed by atoms with Crippen LogP contribution in [-0.4, -0.2) is 15.3 Å². The number of fused-ring (bicyclic) bond motifs is 1. The molecule has 1 aromatic carbocycles. The van der Waals surface area contributed by atoms with Crippen LogP contribution in [0.3, 0.4) is 0 Å². The predicted molar refractivity (Wildman–Crippen MR) is 104 cm³/mol. The summed E-state index contributed by atoms with van der Waals surface area (Å²) < 4.78 is 7.16. The van der Waals surface area contributed by atoms with Gasteiger partial charge in [-0.1, -0.05) is 36.0 Å². The van der Waals surface area contributed by atoms with Crippen LogP contribution in [0.4, 0.5) is 0 Å². The third-order valence-corrected chi connectivity index (χ3v) is 5.52. The fraction of sp³-hybridized carbons (Fsp3) is 0.0526. The highest BCUT2D eigenvalue weighted by molar-refractivity contribution is 7.99. The third-order valence-electron chi connectivity index (χ3n) is 3.71. The summed E-state index contributed by atoms with van der Waals surface area (Å²) in [6, 6.07) is 13.2. The maximum Gasteiger partial charge on any atom is 0.268 e. The molecule has 0 amide bonds. The molecule has 0 atom stereocenters. The van der Waals surface area contributed by atoms with Gasteiger partial charge in [0.05, 0.1) is 17.3 Å². The van der Waals surface area contributed by atoms with Crippen molar-refractivity contribution in [2.24, 2.45) is 0 Å². The maximum atomic E-state index is 13.3. The molecule has 6 heteroatoms. The molecular formula is C19H14N2O2S2. The van der Waals surface area contributed by atoms with Crippen molar-refractivity contribution >= 4 is 33.3 Å². The minimum atomic E-state index is -0.0876. The summed E-state index contributed by atoms with van der Waals surface area (Å²) in [4.78, 5) is 18.8. The summed E-state index contributed by atoms with van der Waals surface area (Å²) in [6.45, 7) is 3.75. The molecule has 0 aliphatic heterocycles. The van der Waals surface area contributed by atoms with E-state index in [0.717, 1.165) is 16.1 Å². The smallest absolute Gasteiger partial charge is 0.268 e. The molecule has 0 radical (unpaired) electrons. The summed E-state index contributed by atoms with van der Waals surface area (Å²) in [5.74, 6) is 1.36. The molecule has 0 aliphatic rings. The Balaban J connectivity index is 2.02. The van der Waals surface area contributed by atoms with Crippen LogP contribution in [0.15, 0.2) is 81.1 Å². The molecule has 0 aliphatic carbocycles. The van der Waals surface area contributed by atoms with Gasteiger partial charge in [-0.25, -0.2) is 4.98 Å². The Morgan fingerprint density at radius 1 is 1.24 bits per heavy atom. The normalized spacial score (nSPS) is 11.0. The topological polar surface area (TPSA) is 48.0 Å². The minimum absolute atomic E-state index is 0.0876. The Kier molecular flexibility index (Phi) is 4.29. The van der Waals surface area contributed by atoms with Crippen LogP contribution in [0, 0.1) is 0 Å². The van der Waals surface area contributed by atoms with Gasteiger partial charge in [0.1, 0.15) is 10.6 Å². The van der Waals surface area contributed by atoms with Crippen LogP contribution in [0.5, 0.6) is 0 Å². The van der Waals surface area contributed by atoms with E-state index in [1.54, 1.807) is 16.9 Å². The van der Waals surface area contributed by atoms with Crippen molar-refractivity contribution in [2.75, 3.05) is 5.75 Å². The lowest BCUT2D eigenvalue weighted by Crippen LogP contribution is -2.21.